The minimum atomic E-state index is 0.772. The van der Waals surface area contributed by atoms with Crippen LogP contribution >= 0.6 is 0 Å². The standard InChI is InChI=1S/C16H31N3/c1-3-8-17-10-14-6-7-16(14)19-12-15-5-4-9-18(15)11-13(19)2/h13-17H,3-12H2,1-2H3. The Morgan fingerprint density at radius 3 is 2.79 bits per heavy atom. The molecule has 4 atom stereocenters. The second-order valence-corrected chi connectivity index (χ2v) is 6.95. The molecule has 4 unspecified atom stereocenters. The van der Waals surface area contributed by atoms with Crippen LogP contribution < -0.4 is 5.32 Å². The third-order valence-corrected chi connectivity index (χ3v) is 5.62. The largest absolute Gasteiger partial charge is 0.316 e. The van der Waals surface area contributed by atoms with Gasteiger partial charge in [-0.1, -0.05) is 6.92 Å². The fourth-order valence-electron chi connectivity index (χ4n) is 4.36. The van der Waals surface area contributed by atoms with Gasteiger partial charge in [0.25, 0.3) is 0 Å². The molecule has 2 aliphatic heterocycles. The second kappa shape index (κ2) is 6.11. The third-order valence-electron chi connectivity index (χ3n) is 5.62. The summed E-state index contributed by atoms with van der Waals surface area (Å²) in [4.78, 5) is 5.60. The smallest absolute Gasteiger partial charge is 0.0224 e. The average molecular weight is 265 g/mol. The van der Waals surface area contributed by atoms with Crippen molar-refractivity contribution in [2.75, 3.05) is 32.7 Å². The van der Waals surface area contributed by atoms with Gasteiger partial charge in [-0.25, -0.2) is 0 Å². The Morgan fingerprint density at radius 1 is 1.16 bits per heavy atom. The molecule has 0 aromatic heterocycles. The maximum absolute atomic E-state index is 3.63. The zero-order valence-corrected chi connectivity index (χ0v) is 12.8. The van der Waals surface area contributed by atoms with Gasteiger partial charge in [0.15, 0.2) is 0 Å². The SMILES string of the molecule is CCCNCC1CCC1N1CC2CCCN2CC1C. The third kappa shape index (κ3) is 2.84. The van der Waals surface area contributed by atoms with Crippen LogP contribution in [-0.2, 0) is 0 Å². The van der Waals surface area contributed by atoms with Gasteiger partial charge in [-0.15, -0.1) is 0 Å². The van der Waals surface area contributed by atoms with Gasteiger partial charge >= 0.3 is 0 Å². The summed E-state index contributed by atoms with van der Waals surface area (Å²) in [6.07, 6.45) is 7.01. The Bertz CT molecular complexity index is 294. The molecule has 0 aromatic rings. The van der Waals surface area contributed by atoms with Crippen LogP contribution in [-0.4, -0.2) is 60.6 Å². The van der Waals surface area contributed by atoms with E-state index in [2.05, 4.69) is 29.0 Å². The van der Waals surface area contributed by atoms with Crippen molar-refractivity contribution in [3.05, 3.63) is 0 Å². The summed E-state index contributed by atoms with van der Waals surface area (Å²) < 4.78 is 0. The molecule has 3 nitrogen and oxygen atoms in total. The predicted octanol–water partition coefficient (Wildman–Crippen LogP) is 1.93. The number of nitrogens with zero attached hydrogens (tertiary/aromatic N) is 2. The van der Waals surface area contributed by atoms with Gasteiger partial charge in [0, 0.05) is 31.2 Å². The maximum atomic E-state index is 3.63. The van der Waals surface area contributed by atoms with Crippen LogP contribution in [0.1, 0.15) is 46.0 Å². The molecule has 1 aliphatic carbocycles. The lowest BCUT2D eigenvalue weighted by Crippen LogP contribution is -2.62. The fourth-order valence-corrected chi connectivity index (χ4v) is 4.36. The number of hydrogen-bond donors (Lipinski definition) is 1. The summed E-state index contributed by atoms with van der Waals surface area (Å²) in [6.45, 7) is 11.2. The van der Waals surface area contributed by atoms with E-state index in [1.807, 2.05) is 0 Å². The van der Waals surface area contributed by atoms with E-state index in [0.29, 0.717) is 0 Å². The average Bonchev–Trinajstić information content (AvgIpc) is 2.81. The van der Waals surface area contributed by atoms with Crippen molar-refractivity contribution in [1.82, 2.24) is 15.1 Å². The normalized spacial score (nSPS) is 40.1. The van der Waals surface area contributed by atoms with Crippen LogP contribution in [0.15, 0.2) is 0 Å². The van der Waals surface area contributed by atoms with Crippen LogP contribution in [0.2, 0.25) is 0 Å². The summed E-state index contributed by atoms with van der Waals surface area (Å²) in [7, 11) is 0. The first-order valence-electron chi connectivity index (χ1n) is 8.50. The van der Waals surface area contributed by atoms with Crippen molar-refractivity contribution in [1.29, 1.82) is 0 Å². The van der Waals surface area contributed by atoms with Crippen LogP contribution in [0, 0.1) is 5.92 Å². The van der Waals surface area contributed by atoms with Gasteiger partial charge in [0.05, 0.1) is 0 Å². The molecule has 2 heterocycles. The van der Waals surface area contributed by atoms with Crippen LogP contribution in [0.3, 0.4) is 0 Å². The minimum absolute atomic E-state index is 0.772. The number of piperazine rings is 1. The lowest BCUT2D eigenvalue weighted by molar-refractivity contribution is -0.0270. The van der Waals surface area contributed by atoms with Crippen molar-refractivity contribution in [3.8, 4) is 0 Å². The molecule has 0 radical (unpaired) electrons. The Labute approximate surface area is 118 Å². The fraction of sp³-hybridized carbons (Fsp3) is 1.00. The van der Waals surface area contributed by atoms with Crippen LogP contribution in [0.5, 0.6) is 0 Å². The highest BCUT2D eigenvalue weighted by atomic mass is 15.3. The molecule has 3 aliphatic rings. The lowest BCUT2D eigenvalue weighted by atomic mass is 9.77. The molecular weight excluding hydrogens is 234 g/mol. The van der Waals surface area contributed by atoms with Gasteiger partial charge in [0.2, 0.25) is 0 Å². The van der Waals surface area contributed by atoms with E-state index >= 15 is 0 Å². The molecule has 0 spiro atoms. The molecule has 1 N–H and O–H groups in total. The van der Waals surface area contributed by atoms with Gasteiger partial charge in [-0.2, -0.15) is 0 Å². The van der Waals surface area contributed by atoms with Gasteiger partial charge in [-0.05, 0) is 64.6 Å². The Hall–Kier alpha value is -0.120. The molecule has 3 heteroatoms. The zero-order chi connectivity index (χ0) is 13.2. The van der Waals surface area contributed by atoms with Gasteiger partial charge in [-0.3, -0.25) is 9.80 Å². The molecule has 1 saturated carbocycles. The second-order valence-electron chi connectivity index (χ2n) is 6.95. The van der Waals surface area contributed by atoms with E-state index in [1.54, 1.807) is 0 Å². The minimum Gasteiger partial charge on any atom is -0.316 e. The van der Waals surface area contributed by atoms with Crippen molar-refractivity contribution in [2.24, 2.45) is 5.92 Å². The maximum Gasteiger partial charge on any atom is 0.0224 e. The van der Waals surface area contributed by atoms with Gasteiger partial charge < -0.3 is 5.32 Å². The summed E-state index contributed by atoms with van der Waals surface area (Å²) in [5.41, 5.74) is 0. The van der Waals surface area contributed by atoms with E-state index in [1.165, 1.54) is 64.8 Å². The number of hydrogen-bond acceptors (Lipinski definition) is 3. The highest BCUT2D eigenvalue weighted by molar-refractivity contribution is 4.98. The van der Waals surface area contributed by atoms with E-state index in [-0.39, 0.29) is 0 Å². The van der Waals surface area contributed by atoms with E-state index in [4.69, 9.17) is 0 Å². The first kappa shape index (κ1) is 13.8. The Balaban J connectivity index is 1.53. The quantitative estimate of drug-likeness (QED) is 0.766. The Morgan fingerprint density at radius 2 is 2.05 bits per heavy atom. The molecule has 2 saturated heterocycles. The van der Waals surface area contributed by atoms with Gasteiger partial charge in [0.1, 0.15) is 0 Å². The summed E-state index contributed by atoms with van der Waals surface area (Å²) in [5, 5.41) is 3.63. The highest BCUT2D eigenvalue weighted by Crippen LogP contribution is 2.36. The number of fused-ring (bicyclic) bond motifs is 1. The van der Waals surface area contributed by atoms with Crippen LogP contribution in [0.4, 0.5) is 0 Å². The van der Waals surface area contributed by atoms with E-state index in [9.17, 15) is 0 Å². The topological polar surface area (TPSA) is 18.5 Å². The summed E-state index contributed by atoms with van der Waals surface area (Å²) >= 11 is 0. The zero-order valence-electron chi connectivity index (χ0n) is 12.8. The molecule has 110 valence electrons. The van der Waals surface area contributed by atoms with E-state index < -0.39 is 0 Å². The first-order valence-corrected chi connectivity index (χ1v) is 8.50. The lowest BCUT2D eigenvalue weighted by Gasteiger charge is -2.52. The summed E-state index contributed by atoms with van der Waals surface area (Å²) in [5.74, 6) is 0.918. The molecule has 3 fully saturated rings. The van der Waals surface area contributed by atoms with E-state index in [0.717, 1.165) is 24.0 Å². The first-order chi connectivity index (χ1) is 9.29. The molecule has 3 rings (SSSR count). The number of rotatable bonds is 5. The van der Waals surface area contributed by atoms with Crippen molar-refractivity contribution in [2.45, 2.75) is 64.1 Å². The number of nitrogens with one attached hydrogen (secondary N) is 1. The monoisotopic (exact) mass is 265 g/mol. The molecule has 0 amide bonds. The predicted molar refractivity (Wildman–Crippen MR) is 80.4 cm³/mol. The van der Waals surface area contributed by atoms with Crippen molar-refractivity contribution >= 4 is 0 Å². The molecule has 0 bridgehead atoms. The Kier molecular flexibility index (Phi) is 4.45. The molecular formula is C16H31N3. The highest BCUT2D eigenvalue weighted by Gasteiger charge is 2.42. The summed E-state index contributed by atoms with van der Waals surface area (Å²) in [6, 6.07) is 2.52. The van der Waals surface area contributed by atoms with Crippen LogP contribution in [0.25, 0.3) is 0 Å². The van der Waals surface area contributed by atoms with Crippen molar-refractivity contribution in [3.63, 3.8) is 0 Å². The van der Waals surface area contributed by atoms with Crippen molar-refractivity contribution < 1.29 is 0 Å². The molecule has 0 aromatic carbocycles. The molecule has 19 heavy (non-hydrogen) atoms.